The van der Waals surface area contributed by atoms with Crippen LogP contribution in [0.2, 0.25) is 5.02 Å². The van der Waals surface area contributed by atoms with E-state index in [1.54, 1.807) is 25.3 Å². The highest BCUT2D eigenvalue weighted by Crippen LogP contribution is 2.26. The lowest BCUT2D eigenvalue weighted by Crippen LogP contribution is -2.00. The van der Waals surface area contributed by atoms with E-state index in [2.05, 4.69) is 0 Å². The molecule has 0 atom stereocenters. The van der Waals surface area contributed by atoms with Crippen LogP contribution in [0.1, 0.15) is 12.8 Å². The van der Waals surface area contributed by atoms with Gasteiger partial charge in [-0.2, -0.15) is 0 Å². The van der Waals surface area contributed by atoms with Crippen molar-refractivity contribution in [2.45, 2.75) is 12.8 Å². The van der Waals surface area contributed by atoms with E-state index < -0.39 is 0 Å². The van der Waals surface area contributed by atoms with E-state index in [0.717, 1.165) is 19.4 Å². The van der Waals surface area contributed by atoms with Gasteiger partial charge in [0.2, 0.25) is 0 Å². The summed E-state index contributed by atoms with van der Waals surface area (Å²) in [4.78, 5) is 0. The van der Waals surface area contributed by atoms with Crippen molar-refractivity contribution < 1.29 is 9.47 Å². The minimum Gasteiger partial charge on any atom is -0.492 e. The standard InChI is InChI=1S/C11H16ClNO2/c1-14-6-2-3-7-15-11-8-9(13)4-5-10(11)12/h4-5,8H,2-3,6-7,13H2,1H3. The van der Waals surface area contributed by atoms with Crippen molar-refractivity contribution in [1.29, 1.82) is 0 Å². The summed E-state index contributed by atoms with van der Waals surface area (Å²) >= 11 is 5.93. The Hall–Kier alpha value is -0.930. The molecule has 0 heterocycles. The highest BCUT2D eigenvalue weighted by Gasteiger charge is 2.01. The van der Waals surface area contributed by atoms with Gasteiger partial charge < -0.3 is 15.2 Å². The summed E-state index contributed by atoms with van der Waals surface area (Å²) in [7, 11) is 1.69. The number of anilines is 1. The number of unbranched alkanes of at least 4 members (excludes halogenated alkanes) is 1. The van der Waals surface area contributed by atoms with Gasteiger partial charge in [0.15, 0.2) is 0 Å². The van der Waals surface area contributed by atoms with E-state index in [-0.39, 0.29) is 0 Å². The molecule has 0 fully saturated rings. The van der Waals surface area contributed by atoms with E-state index in [1.807, 2.05) is 0 Å². The number of ether oxygens (including phenoxy) is 2. The van der Waals surface area contributed by atoms with Crippen LogP contribution in [0.4, 0.5) is 5.69 Å². The van der Waals surface area contributed by atoms with Crippen molar-refractivity contribution in [1.82, 2.24) is 0 Å². The van der Waals surface area contributed by atoms with Crippen LogP contribution >= 0.6 is 11.6 Å². The summed E-state index contributed by atoms with van der Waals surface area (Å²) in [6.45, 7) is 1.39. The van der Waals surface area contributed by atoms with E-state index >= 15 is 0 Å². The van der Waals surface area contributed by atoms with Crippen molar-refractivity contribution >= 4 is 17.3 Å². The van der Waals surface area contributed by atoms with Crippen LogP contribution < -0.4 is 10.5 Å². The van der Waals surface area contributed by atoms with Gasteiger partial charge in [-0.05, 0) is 25.0 Å². The van der Waals surface area contributed by atoms with Gasteiger partial charge in [0.1, 0.15) is 5.75 Å². The zero-order valence-electron chi connectivity index (χ0n) is 8.83. The number of methoxy groups -OCH3 is 1. The monoisotopic (exact) mass is 229 g/mol. The third kappa shape index (κ3) is 4.40. The largest absolute Gasteiger partial charge is 0.492 e. The first-order valence-electron chi connectivity index (χ1n) is 4.91. The SMILES string of the molecule is COCCCCOc1cc(N)ccc1Cl. The van der Waals surface area contributed by atoms with Crippen molar-refractivity contribution in [2.24, 2.45) is 0 Å². The lowest BCUT2D eigenvalue weighted by atomic mass is 10.3. The van der Waals surface area contributed by atoms with Gasteiger partial charge >= 0.3 is 0 Å². The molecule has 1 aromatic carbocycles. The van der Waals surface area contributed by atoms with Gasteiger partial charge in [-0.25, -0.2) is 0 Å². The number of nitrogen functional groups attached to an aromatic ring is 1. The highest BCUT2D eigenvalue weighted by molar-refractivity contribution is 6.32. The molecular weight excluding hydrogens is 214 g/mol. The van der Waals surface area contributed by atoms with E-state index in [9.17, 15) is 0 Å². The maximum absolute atomic E-state index is 5.93. The number of rotatable bonds is 6. The molecule has 1 aromatic rings. The number of nitrogens with two attached hydrogens (primary N) is 1. The minimum absolute atomic E-state index is 0.593. The number of hydrogen-bond donors (Lipinski definition) is 1. The molecule has 15 heavy (non-hydrogen) atoms. The first-order valence-corrected chi connectivity index (χ1v) is 5.28. The Labute approximate surface area is 95.1 Å². The summed E-state index contributed by atoms with van der Waals surface area (Å²) in [5.41, 5.74) is 6.28. The van der Waals surface area contributed by atoms with Crippen LogP contribution in [0.3, 0.4) is 0 Å². The quantitative estimate of drug-likeness (QED) is 0.603. The zero-order chi connectivity index (χ0) is 11.1. The van der Waals surface area contributed by atoms with Gasteiger partial charge in [0.25, 0.3) is 0 Å². The average Bonchev–Trinajstić information content (AvgIpc) is 2.23. The minimum atomic E-state index is 0.593. The average molecular weight is 230 g/mol. The molecule has 0 aliphatic carbocycles. The Morgan fingerprint density at radius 1 is 1.27 bits per heavy atom. The predicted molar refractivity (Wildman–Crippen MR) is 62.5 cm³/mol. The van der Waals surface area contributed by atoms with E-state index in [4.69, 9.17) is 26.8 Å². The molecular formula is C11H16ClNO2. The molecule has 0 bridgehead atoms. The fraction of sp³-hybridized carbons (Fsp3) is 0.455. The zero-order valence-corrected chi connectivity index (χ0v) is 9.59. The molecule has 3 nitrogen and oxygen atoms in total. The second-order valence-corrected chi connectivity index (χ2v) is 3.65. The smallest absolute Gasteiger partial charge is 0.139 e. The van der Waals surface area contributed by atoms with Crippen molar-refractivity contribution in [3.05, 3.63) is 23.2 Å². The van der Waals surface area contributed by atoms with Crippen molar-refractivity contribution in [2.75, 3.05) is 26.1 Å². The maximum atomic E-state index is 5.93. The summed E-state index contributed by atoms with van der Waals surface area (Å²) in [5, 5.41) is 0.593. The van der Waals surface area contributed by atoms with E-state index in [0.29, 0.717) is 23.1 Å². The van der Waals surface area contributed by atoms with Gasteiger partial charge in [0, 0.05) is 25.5 Å². The summed E-state index contributed by atoms with van der Waals surface area (Å²) in [5.74, 6) is 0.647. The summed E-state index contributed by atoms with van der Waals surface area (Å²) in [6, 6.07) is 5.22. The molecule has 0 saturated heterocycles. The maximum Gasteiger partial charge on any atom is 0.139 e. The molecule has 84 valence electrons. The summed E-state index contributed by atoms with van der Waals surface area (Å²) < 4.78 is 10.4. The number of hydrogen-bond acceptors (Lipinski definition) is 3. The Kier molecular flexibility index (Phi) is 5.29. The Balaban J connectivity index is 2.33. The molecule has 0 saturated carbocycles. The predicted octanol–water partition coefficient (Wildman–Crippen LogP) is 2.73. The Morgan fingerprint density at radius 3 is 2.73 bits per heavy atom. The number of halogens is 1. The summed E-state index contributed by atoms with van der Waals surface area (Å²) in [6.07, 6.45) is 1.93. The molecule has 0 unspecified atom stereocenters. The number of benzene rings is 1. The van der Waals surface area contributed by atoms with Crippen LogP contribution in [0.25, 0.3) is 0 Å². The Bertz CT molecular complexity index is 305. The molecule has 1 rings (SSSR count). The lowest BCUT2D eigenvalue weighted by Gasteiger charge is -2.08. The van der Waals surface area contributed by atoms with Gasteiger partial charge in [-0.3, -0.25) is 0 Å². The molecule has 0 aromatic heterocycles. The topological polar surface area (TPSA) is 44.5 Å². The fourth-order valence-corrected chi connectivity index (χ4v) is 1.33. The van der Waals surface area contributed by atoms with Crippen LogP contribution in [0, 0.1) is 0 Å². The molecule has 0 radical (unpaired) electrons. The van der Waals surface area contributed by atoms with Gasteiger partial charge in [0.05, 0.1) is 11.6 Å². The van der Waals surface area contributed by atoms with Gasteiger partial charge in [-0.15, -0.1) is 0 Å². The Morgan fingerprint density at radius 2 is 2.00 bits per heavy atom. The fourth-order valence-electron chi connectivity index (χ4n) is 1.16. The van der Waals surface area contributed by atoms with Crippen molar-refractivity contribution in [3.63, 3.8) is 0 Å². The van der Waals surface area contributed by atoms with E-state index in [1.165, 1.54) is 0 Å². The first-order chi connectivity index (χ1) is 7.24. The van der Waals surface area contributed by atoms with Crippen molar-refractivity contribution in [3.8, 4) is 5.75 Å². The third-order valence-electron chi connectivity index (χ3n) is 1.96. The van der Waals surface area contributed by atoms with Crippen LogP contribution in [-0.4, -0.2) is 20.3 Å². The van der Waals surface area contributed by atoms with Gasteiger partial charge in [-0.1, -0.05) is 11.6 Å². The third-order valence-corrected chi connectivity index (χ3v) is 2.27. The molecule has 2 N–H and O–H groups in total. The molecule has 0 aliphatic heterocycles. The van der Waals surface area contributed by atoms with Crippen LogP contribution in [0.5, 0.6) is 5.75 Å². The normalized spacial score (nSPS) is 10.3. The first kappa shape index (κ1) is 12.1. The van der Waals surface area contributed by atoms with Crippen LogP contribution in [-0.2, 0) is 4.74 Å². The van der Waals surface area contributed by atoms with Crippen LogP contribution in [0.15, 0.2) is 18.2 Å². The second kappa shape index (κ2) is 6.53. The molecule has 0 aliphatic rings. The highest BCUT2D eigenvalue weighted by atomic mass is 35.5. The molecule has 4 heteroatoms. The molecule has 0 spiro atoms. The second-order valence-electron chi connectivity index (χ2n) is 3.24. The lowest BCUT2D eigenvalue weighted by molar-refractivity contribution is 0.184. The molecule has 0 amide bonds.